The molecule has 0 aliphatic rings. The molecule has 120 valence electrons. The number of hydrogen-bond donors (Lipinski definition) is 1. The predicted octanol–water partition coefficient (Wildman–Crippen LogP) is 3.28. The Labute approximate surface area is 129 Å². The van der Waals surface area contributed by atoms with Crippen LogP contribution in [0.4, 0.5) is 20.2 Å². The van der Waals surface area contributed by atoms with Gasteiger partial charge in [0.15, 0.2) is 17.7 Å². The standard InChI is InChI=1S/C15H12F2N2O4/c1-9(23-12-4-2-3-11(8-12)19(21)22)15(20)18-10-5-6-13(16)14(17)7-10/h2-9H,1H3,(H,18,20)/t9-/m0/s1. The molecule has 8 heteroatoms. The molecule has 1 N–H and O–H groups in total. The van der Waals surface area contributed by atoms with Crippen LogP contribution >= 0.6 is 0 Å². The summed E-state index contributed by atoms with van der Waals surface area (Å²) in [4.78, 5) is 22.0. The molecule has 2 rings (SSSR count). The number of nitro groups is 1. The predicted molar refractivity (Wildman–Crippen MR) is 78.2 cm³/mol. The quantitative estimate of drug-likeness (QED) is 0.676. The second-order valence-electron chi connectivity index (χ2n) is 4.63. The van der Waals surface area contributed by atoms with E-state index < -0.39 is 28.6 Å². The summed E-state index contributed by atoms with van der Waals surface area (Å²) in [6.07, 6.45) is -0.995. The molecule has 0 heterocycles. The van der Waals surface area contributed by atoms with Crippen molar-refractivity contribution in [1.29, 1.82) is 0 Å². The van der Waals surface area contributed by atoms with Crippen molar-refractivity contribution in [2.75, 3.05) is 5.32 Å². The number of nitrogens with one attached hydrogen (secondary N) is 1. The Kier molecular flexibility index (Phi) is 4.85. The Morgan fingerprint density at radius 3 is 2.61 bits per heavy atom. The highest BCUT2D eigenvalue weighted by molar-refractivity contribution is 5.94. The smallest absolute Gasteiger partial charge is 0.273 e. The Balaban J connectivity index is 2.03. The molecule has 23 heavy (non-hydrogen) atoms. The van der Waals surface area contributed by atoms with Crippen molar-refractivity contribution in [3.05, 3.63) is 64.2 Å². The second-order valence-corrected chi connectivity index (χ2v) is 4.63. The van der Waals surface area contributed by atoms with E-state index in [0.29, 0.717) is 0 Å². The summed E-state index contributed by atoms with van der Waals surface area (Å²) in [5.74, 6) is -2.58. The summed E-state index contributed by atoms with van der Waals surface area (Å²) < 4.78 is 31.2. The zero-order chi connectivity index (χ0) is 17.0. The zero-order valence-corrected chi connectivity index (χ0v) is 12.0. The minimum Gasteiger partial charge on any atom is -0.481 e. The molecule has 0 unspecified atom stereocenters. The third-order valence-electron chi connectivity index (χ3n) is 2.90. The average Bonchev–Trinajstić information content (AvgIpc) is 2.51. The van der Waals surface area contributed by atoms with Gasteiger partial charge in [0.1, 0.15) is 5.75 Å². The van der Waals surface area contributed by atoms with Crippen LogP contribution in [0.2, 0.25) is 0 Å². The number of amides is 1. The molecule has 0 radical (unpaired) electrons. The van der Waals surface area contributed by atoms with Crippen molar-refractivity contribution >= 4 is 17.3 Å². The van der Waals surface area contributed by atoms with E-state index in [1.807, 2.05) is 0 Å². The zero-order valence-electron chi connectivity index (χ0n) is 12.0. The summed E-state index contributed by atoms with van der Waals surface area (Å²) in [6, 6.07) is 8.29. The monoisotopic (exact) mass is 322 g/mol. The fourth-order valence-electron chi connectivity index (χ4n) is 1.75. The van der Waals surface area contributed by atoms with E-state index in [0.717, 1.165) is 12.1 Å². The van der Waals surface area contributed by atoms with Crippen molar-refractivity contribution in [3.63, 3.8) is 0 Å². The van der Waals surface area contributed by atoms with Gasteiger partial charge in [0.05, 0.1) is 11.0 Å². The lowest BCUT2D eigenvalue weighted by Crippen LogP contribution is -2.30. The van der Waals surface area contributed by atoms with Gasteiger partial charge < -0.3 is 10.1 Å². The van der Waals surface area contributed by atoms with Gasteiger partial charge >= 0.3 is 0 Å². The van der Waals surface area contributed by atoms with Crippen LogP contribution < -0.4 is 10.1 Å². The molecule has 0 bridgehead atoms. The van der Waals surface area contributed by atoms with Crippen LogP contribution in [0.25, 0.3) is 0 Å². The first-order chi connectivity index (χ1) is 10.9. The van der Waals surface area contributed by atoms with E-state index in [2.05, 4.69) is 5.32 Å². The molecule has 1 atom stereocenters. The number of nitro benzene ring substituents is 1. The minimum absolute atomic E-state index is 0.0726. The molecule has 0 aliphatic heterocycles. The third-order valence-corrected chi connectivity index (χ3v) is 2.90. The summed E-state index contributed by atoms with van der Waals surface area (Å²) in [5, 5.41) is 13.0. The van der Waals surface area contributed by atoms with Crippen LogP contribution in [0.5, 0.6) is 5.75 Å². The molecule has 0 spiro atoms. The van der Waals surface area contributed by atoms with Crippen LogP contribution in [-0.4, -0.2) is 16.9 Å². The molecule has 0 fully saturated rings. The van der Waals surface area contributed by atoms with E-state index in [-0.39, 0.29) is 17.1 Å². The van der Waals surface area contributed by atoms with E-state index >= 15 is 0 Å². The molecular weight excluding hydrogens is 310 g/mol. The van der Waals surface area contributed by atoms with Gasteiger partial charge in [-0.3, -0.25) is 14.9 Å². The largest absolute Gasteiger partial charge is 0.481 e. The highest BCUT2D eigenvalue weighted by Gasteiger charge is 2.17. The van der Waals surface area contributed by atoms with E-state index in [1.165, 1.54) is 37.3 Å². The van der Waals surface area contributed by atoms with Gasteiger partial charge in [-0.25, -0.2) is 8.78 Å². The normalized spacial score (nSPS) is 11.6. The van der Waals surface area contributed by atoms with Gasteiger partial charge in [0.25, 0.3) is 11.6 Å². The summed E-state index contributed by atoms with van der Waals surface area (Å²) in [5.41, 5.74) is -0.0980. The maximum atomic E-state index is 13.1. The molecule has 6 nitrogen and oxygen atoms in total. The number of carbonyl (C=O) groups is 1. The third kappa shape index (κ3) is 4.22. The number of anilines is 1. The molecule has 2 aromatic rings. The highest BCUT2D eigenvalue weighted by atomic mass is 19.2. The molecule has 0 aromatic heterocycles. The fraction of sp³-hybridized carbons (Fsp3) is 0.133. The van der Waals surface area contributed by atoms with Gasteiger partial charge in [0, 0.05) is 17.8 Å². The molecule has 1 amide bonds. The SMILES string of the molecule is C[C@H](Oc1cccc([N+](=O)[O-])c1)C(=O)Nc1ccc(F)c(F)c1. The summed E-state index contributed by atoms with van der Waals surface area (Å²) in [7, 11) is 0. The number of halogens is 2. The van der Waals surface area contributed by atoms with Gasteiger partial charge in [0.2, 0.25) is 0 Å². The fourth-order valence-corrected chi connectivity index (χ4v) is 1.75. The van der Waals surface area contributed by atoms with Crippen LogP contribution in [0.15, 0.2) is 42.5 Å². The molecule has 0 saturated carbocycles. The Bertz CT molecular complexity index is 752. The lowest BCUT2D eigenvalue weighted by molar-refractivity contribution is -0.384. The number of carbonyl (C=O) groups excluding carboxylic acids is 1. The number of ether oxygens (including phenoxy) is 1. The van der Waals surface area contributed by atoms with Crippen molar-refractivity contribution in [2.24, 2.45) is 0 Å². The van der Waals surface area contributed by atoms with Crippen LogP contribution in [-0.2, 0) is 4.79 Å². The minimum atomic E-state index is -1.09. The first-order valence-electron chi connectivity index (χ1n) is 6.54. The second kappa shape index (κ2) is 6.82. The van der Waals surface area contributed by atoms with Crippen molar-refractivity contribution in [1.82, 2.24) is 0 Å². The van der Waals surface area contributed by atoms with Gasteiger partial charge in [-0.05, 0) is 25.1 Å². The number of non-ortho nitro benzene ring substituents is 1. The molecular formula is C15H12F2N2O4. The number of hydrogen-bond acceptors (Lipinski definition) is 4. The van der Waals surface area contributed by atoms with Crippen LogP contribution in [0, 0.1) is 21.7 Å². The van der Waals surface area contributed by atoms with E-state index in [1.54, 1.807) is 0 Å². The highest BCUT2D eigenvalue weighted by Crippen LogP contribution is 2.20. The van der Waals surface area contributed by atoms with E-state index in [4.69, 9.17) is 4.74 Å². The van der Waals surface area contributed by atoms with Crippen molar-refractivity contribution in [3.8, 4) is 5.75 Å². The molecule has 2 aromatic carbocycles. The van der Waals surface area contributed by atoms with Crippen molar-refractivity contribution < 1.29 is 23.2 Å². The number of nitrogens with zero attached hydrogens (tertiary/aromatic N) is 1. The Hall–Kier alpha value is -3.03. The topological polar surface area (TPSA) is 81.5 Å². The lowest BCUT2D eigenvalue weighted by atomic mass is 10.2. The van der Waals surface area contributed by atoms with Gasteiger partial charge in [-0.2, -0.15) is 0 Å². The van der Waals surface area contributed by atoms with E-state index in [9.17, 15) is 23.7 Å². The lowest BCUT2D eigenvalue weighted by Gasteiger charge is -2.14. The Morgan fingerprint density at radius 1 is 1.22 bits per heavy atom. The Morgan fingerprint density at radius 2 is 1.96 bits per heavy atom. The van der Waals surface area contributed by atoms with Crippen LogP contribution in [0.1, 0.15) is 6.92 Å². The molecule has 0 aliphatic carbocycles. The number of benzene rings is 2. The van der Waals surface area contributed by atoms with Gasteiger partial charge in [-0.1, -0.05) is 6.07 Å². The maximum Gasteiger partial charge on any atom is 0.273 e. The first-order valence-corrected chi connectivity index (χ1v) is 6.54. The van der Waals surface area contributed by atoms with Gasteiger partial charge in [-0.15, -0.1) is 0 Å². The summed E-state index contributed by atoms with van der Waals surface area (Å²) in [6.45, 7) is 1.42. The summed E-state index contributed by atoms with van der Waals surface area (Å²) >= 11 is 0. The van der Waals surface area contributed by atoms with Crippen LogP contribution in [0.3, 0.4) is 0 Å². The first kappa shape index (κ1) is 16.3. The maximum absolute atomic E-state index is 13.1. The average molecular weight is 322 g/mol. The van der Waals surface area contributed by atoms with Crippen molar-refractivity contribution in [2.45, 2.75) is 13.0 Å². The molecule has 0 saturated heterocycles. The number of rotatable bonds is 5.